The van der Waals surface area contributed by atoms with Crippen LogP contribution in [0.4, 0.5) is 18.9 Å². The summed E-state index contributed by atoms with van der Waals surface area (Å²) in [6.07, 6.45) is -1.28. The van der Waals surface area contributed by atoms with Crippen molar-refractivity contribution in [3.05, 3.63) is 23.3 Å². The van der Waals surface area contributed by atoms with E-state index >= 15 is 0 Å². The summed E-state index contributed by atoms with van der Waals surface area (Å²) in [5.41, 5.74) is -2.12. The number of aryl methyl sites for hydroxylation is 1. The number of nitrogens with zero attached hydrogens (tertiary/aromatic N) is 2. The molecule has 0 radical (unpaired) electrons. The minimum absolute atomic E-state index is 0.00607. The normalized spacial score (nSPS) is 19.9. The minimum atomic E-state index is -4.81. The molecule has 1 saturated carbocycles. The summed E-state index contributed by atoms with van der Waals surface area (Å²) >= 11 is 0. The molecule has 1 atom stereocenters. The number of benzene rings is 1. The summed E-state index contributed by atoms with van der Waals surface area (Å²) in [5, 5.41) is 11.1. The Morgan fingerprint density at radius 2 is 1.86 bits per heavy atom. The summed E-state index contributed by atoms with van der Waals surface area (Å²) < 4.78 is 48.1. The van der Waals surface area contributed by atoms with Gasteiger partial charge in [-0.3, -0.25) is 0 Å². The van der Waals surface area contributed by atoms with Gasteiger partial charge in [-0.2, -0.15) is 13.2 Å². The fourth-order valence-corrected chi connectivity index (χ4v) is 3.95. The third-order valence-electron chi connectivity index (χ3n) is 6.18. The van der Waals surface area contributed by atoms with Gasteiger partial charge in [0.1, 0.15) is 5.75 Å². The molecule has 1 fully saturated rings. The number of aliphatic hydroxyl groups is 1. The molecule has 0 spiro atoms. The molecular formula is C22H33F3N2O2. The number of methoxy groups -OCH3 is 1. The monoisotopic (exact) mass is 414 g/mol. The highest BCUT2D eigenvalue weighted by Gasteiger charge is 2.61. The molecule has 0 saturated heterocycles. The van der Waals surface area contributed by atoms with Crippen molar-refractivity contribution in [2.24, 2.45) is 16.3 Å². The first-order valence-corrected chi connectivity index (χ1v) is 10.1. The van der Waals surface area contributed by atoms with Crippen molar-refractivity contribution in [2.75, 3.05) is 20.7 Å². The summed E-state index contributed by atoms with van der Waals surface area (Å²) in [4.78, 5) is 6.22. The minimum Gasteiger partial charge on any atom is -0.496 e. The van der Waals surface area contributed by atoms with Crippen LogP contribution >= 0.6 is 0 Å². The number of rotatable bonds is 6. The van der Waals surface area contributed by atoms with Gasteiger partial charge in [0.25, 0.3) is 0 Å². The Labute approximate surface area is 171 Å². The van der Waals surface area contributed by atoms with Crippen LogP contribution in [0, 0.1) is 18.3 Å². The third-order valence-corrected chi connectivity index (χ3v) is 6.18. The van der Waals surface area contributed by atoms with Crippen molar-refractivity contribution in [3.8, 4) is 5.75 Å². The summed E-state index contributed by atoms with van der Waals surface area (Å²) in [5.74, 6) is -0.907. The Hall–Kier alpha value is -1.76. The average molecular weight is 415 g/mol. The SMILES string of the molecule is CCN(C)C=Nc1cc(OC)c(C(O)(C2CCC(C)(C)CC2)C(F)(F)F)cc1C. The third kappa shape index (κ3) is 4.87. The molecular weight excluding hydrogens is 381 g/mol. The van der Waals surface area contributed by atoms with Crippen LogP contribution in [0.2, 0.25) is 0 Å². The van der Waals surface area contributed by atoms with Gasteiger partial charge in [-0.15, -0.1) is 0 Å². The van der Waals surface area contributed by atoms with Crippen molar-refractivity contribution in [1.29, 1.82) is 0 Å². The van der Waals surface area contributed by atoms with Gasteiger partial charge in [-0.1, -0.05) is 13.8 Å². The van der Waals surface area contributed by atoms with E-state index in [4.69, 9.17) is 4.74 Å². The fraction of sp³-hybridized carbons (Fsp3) is 0.682. The summed E-state index contributed by atoms with van der Waals surface area (Å²) in [7, 11) is 3.18. The Bertz CT molecular complexity index is 736. The lowest BCUT2D eigenvalue weighted by atomic mass is 9.66. The van der Waals surface area contributed by atoms with E-state index in [1.54, 1.807) is 13.3 Å². The van der Waals surface area contributed by atoms with Crippen molar-refractivity contribution >= 4 is 12.0 Å². The maximum absolute atomic E-state index is 14.3. The van der Waals surface area contributed by atoms with E-state index in [0.29, 0.717) is 36.9 Å². The maximum Gasteiger partial charge on any atom is 0.421 e. The summed E-state index contributed by atoms with van der Waals surface area (Å²) in [6, 6.07) is 2.86. The first kappa shape index (κ1) is 23.5. The number of alkyl halides is 3. The molecule has 4 nitrogen and oxygen atoms in total. The van der Waals surface area contributed by atoms with Crippen LogP contribution in [0.25, 0.3) is 0 Å². The van der Waals surface area contributed by atoms with Crippen LogP contribution in [-0.2, 0) is 5.60 Å². The Morgan fingerprint density at radius 3 is 2.34 bits per heavy atom. The van der Waals surface area contributed by atoms with Crippen LogP contribution < -0.4 is 4.74 Å². The molecule has 0 amide bonds. The molecule has 1 aromatic rings. The van der Waals surface area contributed by atoms with Gasteiger partial charge in [-0.05, 0) is 56.6 Å². The van der Waals surface area contributed by atoms with Crippen LogP contribution in [0.1, 0.15) is 57.6 Å². The van der Waals surface area contributed by atoms with Gasteiger partial charge >= 0.3 is 6.18 Å². The average Bonchev–Trinajstić information content (AvgIpc) is 2.64. The molecule has 1 aliphatic carbocycles. The fourth-order valence-electron chi connectivity index (χ4n) is 3.95. The zero-order chi connectivity index (χ0) is 22.0. The number of aliphatic imine (C=N–C) groups is 1. The molecule has 7 heteroatoms. The van der Waals surface area contributed by atoms with E-state index in [9.17, 15) is 18.3 Å². The summed E-state index contributed by atoms with van der Waals surface area (Å²) in [6.45, 7) is 8.53. The van der Waals surface area contributed by atoms with Crippen molar-refractivity contribution in [2.45, 2.75) is 65.2 Å². The van der Waals surface area contributed by atoms with Crippen LogP contribution in [0.5, 0.6) is 5.75 Å². The molecule has 1 aromatic carbocycles. The lowest BCUT2D eigenvalue weighted by Gasteiger charge is -2.44. The van der Waals surface area contributed by atoms with Gasteiger partial charge in [0.05, 0.1) is 19.1 Å². The second-order valence-corrected chi connectivity index (χ2v) is 8.86. The number of halogens is 3. The van der Waals surface area contributed by atoms with E-state index < -0.39 is 17.7 Å². The van der Waals surface area contributed by atoms with Gasteiger partial charge < -0.3 is 14.7 Å². The number of hydrogen-bond donors (Lipinski definition) is 1. The lowest BCUT2D eigenvalue weighted by Crippen LogP contribution is -2.50. The second kappa shape index (κ2) is 8.54. The first-order valence-electron chi connectivity index (χ1n) is 10.1. The molecule has 1 unspecified atom stereocenters. The Morgan fingerprint density at radius 1 is 1.28 bits per heavy atom. The maximum atomic E-state index is 14.3. The number of hydrogen-bond acceptors (Lipinski definition) is 3. The van der Waals surface area contributed by atoms with Gasteiger partial charge in [0.15, 0.2) is 5.60 Å². The zero-order valence-corrected chi connectivity index (χ0v) is 18.2. The van der Waals surface area contributed by atoms with E-state index in [1.165, 1.54) is 19.2 Å². The van der Waals surface area contributed by atoms with Gasteiger partial charge in [-0.25, -0.2) is 4.99 Å². The van der Waals surface area contributed by atoms with Crippen molar-refractivity contribution < 1.29 is 23.0 Å². The molecule has 164 valence electrons. The van der Waals surface area contributed by atoms with Gasteiger partial charge in [0.2, 0.25) is 0 Å². The smallest absolute Gasteiger partial charge is 0.421 e. The molecule has 2 rings (SSSR count). The highest BCUT2D eigenvalue weighted by molar-refractivity contribution is 5.65. The standard InChI is InChI=1S/C22H33F3N2O2/c1-7-27(5)14-26-18-13-19(29-6)17(12-15(18)2)21(28,22(23,24)25)16-8-10-20(3,4)11-9-16/h12-14,16,28H,7-11H2,1-6H3. The molecule has 0 aliphatic heterocycles. The molecule has 1 N–H and O–H groups in total. The van der Waals surface area contributed by atoms with Crippen molar-refractivity contribution in [1.82, 2.24) is 4.90 Å². The quantitative estimate of drug-likeness (QED) is 0.488. The van der Waals surface area contributed by atoms with Crippen LogP contribution in [-0.4, -0.2) is 43.2 Å². The van der Waals surface area contributed by atoms with Crippen LogP contribution in [0.3, 0.4) is 0 Å². The van der Waals surface area contributed by atoms with Gasteiger partial charge in [0, 0.05) is 31.1 Å². The van der Waals surface area contributed by atoms with E-state index in [0.717, 1.165) is 6.54 Å². The largest absolute Gasteiger partial charge is 0.496 e. The predicted octanol–water partition coefficient (Wildman–Crippen LogP) is 5.58. The van der Waals surface area contributed by atoms with Crippen LogP contribution in [0.15, 0.2) is 17.1 Å². The molecule has 29 heavy (non-hydrogen) atoms. The van der Waals surface area contributed by atoms with Crippen molar-refractivity contribution in [3.63, 3.8) is 0 Å². The van der Waals surface area contributed by atoms with E-state index in [2.05, 4.69) is 18.8 Å². The topological polar surface area (TPSA) is 45.1 Å². The Balaban J connectivity index is 2.54. The Kier molecular flexibility index (Phi) is 6.93. The zero-order valence-electron chi connectivity index (χ0n) is 18.2. The predicted molar refractivity (Wildman–Crippen MR) is 110 cm³/mol. The van der Waals surface area contributed by atoms with E-state index in [-0.39, 0.29) is 16.7 Å². The lowest BCUT2D eigenvalue weighted by molar-refractivity contribution is -0.292. The highest BCUT2D eigenvalue weighted by atomic mass is 19.4. The second-order valence-electron chi connectivity index (χ2n) is 8.86. The highest BCUT2D eigenvalue weighted by Crippen LogP contribution is 2.54. The molecule has 0 bridgehead atoms. The first-order chi connectivity index (χ1) is 13.4. The van der Waals surface area contributed by atoms with E-state index in [1.807, 2.05) is 18.9 Å². The molecule has 0 heterocycles. The number of ether oxygens (including phenoxy) is 1. The molecule has 1 aliphatic rings. The molecule has 0 aromatic heterocycles.